The van der Waals surface area contributed by atoms with Gasteiger partial charge in [0.2, 0.25) is 5.91 Å². The van der Waals surface area contributed by atoms with E-state index in [2.05, 4.69) is 25.8 Å². The second-order valence-corrected chi connectivity index (χ2v) is 11.3. The fourth-order valence-electron chi connectivity index (χ4n) is 3.31. The summed E-state index contributed by atoms with van der Waals surface area (Å²) in [5.41, 5.74) is 5.62. The van der Waals surface area contributed by atoms with Crippen LogP contribution >= 0.6 is 0 Å². The summed E-state index contributed by atoms with van der Waals surface area (Å²) in [6.07, 6.45) is -1.57. The zero-order chi connectivity index (χ0) is 31.5. The van der Waals surface area contributed by atoms with E-state index in [0.29, 0.717) is 29.3 Å². The number of ether oxygens (including phenoxy) is 2. The van der Waals surface area contributed by atoms with E-state index in [1.54, 1.807) is 48.5 Å². The molecule has 0 saturated heterocycles. The molecule has 14 heteroatoms. The third-order valence-electron chi connectivity index (χ3n) is 5.13. The molecule has 1 aromatic heterocycles. The minimum atomic E-state index is -1.09. The van der Waals surface area contributed by atoms with Crippen molar-refractivity contribution in [3.8, 4) is 0 Å². The second kappa shape index (κ2) is 14.8. The number of aryl methyl sites for hydroxylation is 1. The molecule has 1 heterocycles. The molecule has 0 radical (unpaired) electrons. The number of rotatable bonds is 10. The SMILES string of the molecule is Cc1[nH]c(=O)c(NCCc2ccccc2)nc1CC(=O)NCCON=C(N)N(C(=O)OC(C)(C)C)C(=O)OC(C)(C)C. The van der Waals surface area contributed by atoms with Crippen LogP contribution in [0, 0.1) is 6.92 Å². The van der Waals surface area contributed by atoms with Crippen molar-refractivity contribution in [1.29, 1.82) is 0 Å². The molecular weight excluding hydrogens is 546 g/mol. The van der Waals surface area contributed by atoms with Gasteiger partial charge in [0.15, 0.2) is 5.82 Å². The van der Waals surface area contributed by atoms with Crippen LogP contribution in [-0.2, 0) is 31.9 Å². The van der Waals surface area contributed by atoms with E-state index in [0.717, 1.165) is 5.56 Å². The summed E-state index contributed by atoms with van der Waals surface area (Å²) in [5.74, 6) is -0.852. The van der Waals surface area contributed by atoms with E-state index in [4.69, 9.17) is 20.0 Å². The maximum absolute atomic E-state index is 12.6. The Balaban J connectivity index is 1.91. The maximum atomic E-state index is 12.6. The van der Waals surface area contributed by atoms with Gasteiger partial charge in [-0.2, -0.15) is 0 Å². The number of hydrogen-bond donors (Lipinski definition) is 4. The van der Waals surface area contributed by atoms with E-state index in [9.17, 15) is 19.2 Å². The number of carbonyl (C=O) groups is 3. The van der Waals surface area contributed by atoms with Gasteiger partial charge in [0.05, 0.1) is 18.7 Å². The minimum Gasteiger partial charge on any atom is -0.443 e. The number of nitrogens with one attached hydrogen (secondary N) is 3. The molecule has 0 saturated carbocycles. The van der Waals surface area contributed by atoms with Gasteiger partial charge in [0, 0.05) is 12.2 Å². The normalized spacial score (nSPS) is 11.8. The number of imide groups is 1. The maximum Gasteiger partial charge on any atom is 0.427 e. The smallest absolute Gasteiger partial charge is 0.427 e. The first kappa shape index (κ1) is 33.6. The summed E-state index contributed by atoms with van der Waals surface area (Å²) < 4.78 is 10.4. The van der Waals surface area contributed by atoms with Crippen molar-refractivity contribution < 1.29 is 28.7 Å². The van der Waals surface area contributed by atoms with Crippen LogP contribution < -0.4 is 21.9 Å². The van der Waals surface area contributed by atoms with Gasteiger partial charge < -0.3 is 35.7 Å². The number of amides is 3. The van der Waals surface area contributed by atoms with Gasteiger partial charge in [-0.1, -0.05) is 30.3 Å². The molecule has 2 aromatic rings. The lowest BCUT2D eigenvalue weighted by molar-refractivity contribution is -0.120. The molecule has 0 atom stereocenters. The molecule has 0 bridgehead atoms. The zero-order valence-electron chi connectivity index (χ0n) is 25.2. The number of oxime groups is 1. The molecule has 1 aromatic carbocycles. The Morgan fingerprint density at radius 2 is 1.60 bits per heavy atom. The Bertz CT molecular complexity index is 1280. The average Bonchev–Trinajstić information content (AvgIpc) is 2.85. The van der Waals surface area contributed by atoms with Gasteiger partial charge in [-0.3, -0.25) is 9.59 Å². The quantitative estimate of drug-likeness (QED) is 0.139. The molecule has 42 heavy (non-hydrogen) atoms. The van der Waals surface area contributed by atoms with Crippen LogP contribution in [0.25, 0.3) is 0 Å². The van der Waals surface area contributed by atoms with Crippen LogP contribution in [0.5, 0.6) is 0 Å². The topological polar surface area (TPSA) is 190 Å². The Hall–Kier alpha value is -4.62. The predicted molar refractivity (Wildman–Crippen MR) is 157 cm³/mol. The van der Waals surface area contributed by atoms with Crippen LogP contribution in [0.3, 0.4) is 0 Å². The fraction of sp³-hybridized carbons (Fsp3) is 0.500. The van der Waals surface area contributed by atoms with Gasteiger partial charge in [0.25, 0.3) is 11.5 Å². The number of anilines is 1. The van der Waals surface area contributed by atoms with Crippen molar-refractivity contribution in [2.75, 3.05) is 25.0 Å². The predicted octanol–water partition coefficient (Wildman–Crippen LogP) is 2.81. The Labute approximate surface area is 245 Å². The van der Waals surface area contributed by atoms with E-state index in [1.807, 2.05) is 30.3 Å². The summed E-state index contributed by atoms with van der Waals surface area (Å²) in [7, 11) is 0. The highest BCUT2D eigenvalue weighted by Gasteiger charge is 2.34. The summed E-state index contributed by atoms with van der Waals surface area (Å²) in [5, 5.41) is 9.26. The molecule has 0 aliphatic carbocycles. The lowest BCUT2D eigenvalue weighted by Crippen LogP contribution is -2.50. The average molecular weight is 588 g/mol. The van der Waals surface area contributed by atoms with Crippen LogP contribution in [0.4, 0.5) is 15.4 Å². The first-order valence-corrected chi connectivity index (χ1v) is 13.4. The highest BCUT2D eigenvalue weighted by atomic mass is 16.6. The lowest BCUT2D eigenvalue weighted by atomic mass is 10.1. The minimum absolute atomic E-state index is 0.0269. The Morgan fingerprint density at radius 3 is 2.17 bits per heavy atom. The molecule has 0 fully saturated rings. The molecular formula is C28H41N7O7. The van der Waals surface area contributed by atoms with E-state index < -0.39 is 29.3 Å². The van der Waals surface area contributed by atoms with E-state index in [-0.39, 0.29) is 36.9 Å². The summed E-state index contributed by atoms with van der Waals surface area (Å²) in [6.45, 7) is 11.8. The van der Waals surface area contributed by atoms with Gasteiger partial charge in [-0.25, -0.2) is 14.6 Å². The molecule has 14 nitrogen and oxygen atoms in total. The molecule has 2 rings (SSSR count). The molecule has 230 valence electrons. The van der Waals surface area contributed by atoms with Crippen LogP contribution in [0.1, 0.15) is 58.5 Å². The van der Waals surface area contributed by atoms with E-state index in [1.165, 1.54) is 0 Å². The summed E-state index contributed by atoms with van der Waals surface area (Å²) in [4.78, 5) is 62.5. The van der Waals surface area contributed by atoms with Gasteiger partial charge >= 0.3 is 12.2 Å². The molecule has 0 aliphatic rings. The van der Waals surface area contributed by atoms with Crippen molar-refractivity contribution in [2.24, 2.45) is 10.9 Å². The Morgan fingerprint density at radius 1 is 1.00 bits per heavy atom. The van der Waals surface area contributed by atoms with Crippen molar-refractivity contribution in [3.63, 3.8) is 0 Å². The number of H-pyrrole nitrogens is 1. The van der Waals surface area contributed by atoms with Crippen LogP contribution in [0.15, 0.2) is 40.3 Å². The van der Waals surface area contributed by atoms with Crippen LogP contribution in [-0.4, -0.2) is 69.8 Å². The van der Waals surface area contributed by atoms with E-state index >= 15 is 0 Å². The number of carbonyl (C=O) groups excluding carboxylic acids is 3. The van der Waals surface area contributed by atoms with Crippen LogP contribution in [0.2, 0.25) is 0 Å². The van der Waals surface area contributed by atoms with Gasteiger partial charge in [-0.15, -0.1) is 4.90 Å². The standard InChI is InChI=1S/C28H41N7O7/c1-18-20(33-22(23(37)32-18)31-14-13-19-11-9-8-10-12-19)17-21(36)30-15-16-40-34-24(29)35(25(38)41-27(2,3)4)26(39)42-28(5,6)7/h8-12H,13-17H2,1-7H3,(H2,29,34)(H,30,36)(H,31,33)(H,32,37). The van der Waals surface area contributed by atoms with Gasteiger partial charge in [-0.05, 0) is 65.6 Å². The first-order chi connectivity index (χ1) is 19.6. The number of aromatic amines is 1. The monoisotopic (exact) mass is 587 g/mol. The fourth-order valence-corrected chi connectivity index (χ4v) is 3.31. The zero-order valence-corrected chi connectivity index (χ0v) is 25.2. The molecule has 0 aliphatic heterocycles. The number of benzene rings is 1. The molecule has 0 unspecified atom stereocenters. The number of guanidine groups is 1. The summed E-state index contributed by atoms with van der Waals surface area (Å²) >= 11 is 0. The highest BCUT2D eigenvalue weighted by molar-refractivity contribution is 6.07. The van der Waals surface area contributed by atoms with Crippen molar-refractivity contribution in [2.45, 2.75) is 72.5 Å². The molecule has 3 amide bonds. The highest BCUT2D eigenvalue weighted by Crippen LogP contribution is 2.14. The number of nitrogens with zero attached hydrogens (tertiary/aromatic N) is 3. The number of hydrogen-bond acceptors (Lipinski definition) is 10. The lowest BCUT2D eigenvalue weighted by Gasteiger charge is -2.27. The second-order valence-electron chi connectivity index (χ2n) is 11.3. The molecule has 0 spiro atoms. The first-order valence-electron chi connectivity index (χ1n) is 13.4. The van der Waals surface area contributed by atoms with Crippen molar-refractivity contribution >= 4 is 29.9 Å². The third kappa shape index (κ3) is 11.9. The largest absolute Gasteiger partial charge is 0.443 e. The van der Waals surface area contributed by atoms with Crippen molar-refractivity contribution in [1.82, 2.24) is 20.2 Å². The third-order valence-corrected chi connectivity index (χ3v) is 5.13. The van der Waals surface area contributed by atoms with Gasteiger partial charge in [0.1, 0.15) is 17.8 Å². The number of aromatic nitrogens is 2. The Kier molecular flexibility index (Phi) is 11.9. The summed E-state index contributed by atoms with van der Waals surface area (Å²) in [6, 6.07) is 9.80. The van der Waals surface area contributed by atoms with Crippen molar-refractivity contribution in [3.05, 3.63) is 57.6 Å². The number of nitrogens with two attached hydrogens (primary N) is 1. The molecule has 5 N–H and O–H groups in total.